The van der Waals surface area contributed by atoms with Crippen molar-refractivity contribution in [2.45, 2.75) is 20.5 Å². The first-order chi connectivity index (χ1) is 10.6. The van der Waals surface area contributed by atoms with Gasteiger partial charge in [-0.3, -0.25) is 0 Å². The number of nitrogens with one attached hydrogen (secondary N) is 1. The van der Waals surface area contributed by atoms with Gasteiger partial charge in [0, 0.05) is 6.20 Å². The van der Waals surface area contributed by atoms with Gasteiger partial charge in [-0.15, -0.1) is 0 Å². The van der Waals surface area contributed by atoms with Crippen molar-refractivity contribution in [3.63, 3.8) is 0 Å². The number of benzene rings is 1. The number of amides is 1. The van der Waals surface area contributed by atoms with Gasteiger partial charge in [0.15, 0.2) is 0 Å². The maximum absolute atomic E-state index is 11.5. The number of hydrogen-bond donors (Lipinski definition) is 1. The molecule has 112 valence electrons. The van der Waals surface area contributed by atoms with Crippen molar-refractivity contribution < 1.29 is 9.53 Å². The highest BCUT2D eigenvalue weighted by Crippen LogP contribution is 2.05. The smallest absolute Gasteiger partial charge is 0.408 e. The van der Waals surface area contributed by atoms with Crippen molar-refractivity contribution in [1.82, 2.24) is 10.3 Å². The summed E-state index contributed by atoms with van der Waals surface area (Å²) >= 11 is 0. The summed E-state index contributed by atoms with van der Waals surface area (Å²) in [7, 11) is 0. The molecule has 0 saturated carbocycles. The first-order valence-corrected chi connectivity index (χ1v) is 7.02. The van der Waals surface area contributed by atoms with Crippen molar-refractivity contribution in [2.75, 3.05) is 6.54 Å². The first-order valence-electron chi connectivity index (χ1n) is 7.02. The number of hydrogen-bond acceptors (Lipinski definition) is 3. The van der Waals surface area contributed by atoms with Crippen LogP contribution in [0.15, 0.2) is 42.6 Å². The first kappa shape index (κ1) is 15.6. The van der Waals surface area contributed by atoms with E-state index in [0.717, 1.165) is 22.4 Å². The Morgan fingerprint density at radius 2 is 2.05 bits per heavy atom. The lowest BCUT2D eigenvalue weighted by molar-refractivity contribution is 0.141. The molecule has 0 aliphatic carbocycles. The van der Waals surface area contributed by atoms with Crippen LogP contribution in [-0.4, -0.2) is 17.6 Å². The maximum atomic E-state index is 11.5. The number of aryl methyl sites for hydroxylation is 2. The lowest BCUT2D eigenvalue weighted by atomic mass is 10.2. The number of ether oxygens (including phenoxy) is 1. The van der Waals surface area contributed by atoms with Gasteiger partial charge in [0.25, 0.3) is 0 Å². The summed E-state index contributed by atoms with van der Waals surface area (Å²) in [4.78, 5) is 15.8. The van der Waals surface area contributed by atoms with Gasteiger partial charge in [-0.1, -0.05) is 42.3 Å². The minimum atomic E-state index is -0.480. The van der Waals surface area contributed by atoms with E-state index < -0.39 is 6.09 Å². The summed E-state index contributed by atoms with van der Waals surface area (Å²) in [5.41, 5.74) is 3.80. The van der Waals surface area contributed by atoms with Crippen LogP contribution in [0.2, 0.25) is 0 Å². The lowest BCUT2D eigenvalue weighted by Crippen LogP contribution is -2.24. The van der Waals surface area contributed by atoms with Gasteiger partial charge in [-0.2, -0.15) is 0 Å². The van der Waals surface area contributed by atoms with Crippen molar-refractivity contribution >= 4 is 6.09 Å². The van der Waals surface area contributed by atoms with Crippen LogP contribution < -0.4 is 5.32 Å². The second kappa shape index (κ2) is 7.84. The Kier molecular flexibility index (Phi) is 5.56. The highest BCUT2D eigenvalue weighted by atomic mass is 16.5. The van der Waals surface area contributed by atoms with E-state index in [1.165, 1.54) is 0 Å². The monoisotopic (exact) mass is 294 g/mol. The molecule has 0 unspecified atom stereocenters. The van der Waals surface area contributed by atoms with Crippen LogP contribution in [0.5, 0.6) is 0 Å². The van der Waals surface area contributed by atoms with Gasteiger partial charge in [0.05, 0.1) is 6.54 Å². The fourth-order valence-corrected chi connectivity index (χ4v) is 1.86. The van der Waals surface area contributed by atoms with Gasteiger partial charge < -0.3 is 10.1 Å². The summed E-state index contributed by atoms with van der Waals surface area (Å²) in [6, 6.07) is 11.6. The molecule has 0 atom stereocenters. The van der Waals surface area contributed by atoms with Crippen molar-refractivity contribution in [3.05, 3.63) is 65.0 Å². The molecule has 22 heavy (non-hydrogen) atoms. The molecule has 1 aromatic heterocycles. The Bertz CT molecular complexity index is 700. The normalized spacial score (nSPS) is 9.55. The summed E-state index contributed by atoms with van der Waals surface area (Å²) < 4.78 is 5.09. The Balaban J connectivity index is 1.76. The highest BCUT2D eigenvalue weighted by Gasteiger charge is 2.00. The van der Waals surface area contributed by atoms with Crippen LogP contribution in [0.4, 0.5) is 4.79 Å². The predicted octanol–water partition coefficient (Wildman–Crippen LogP) is 2.98. The largest absolute Gasteiger partial charge is 0.445 e. The predicted molar refractivity (Wildman–Crippen MR) is 85.2 cm³/mol. The van der Waals surface area contributed by atoms with E-state index in [1.807, 2.05) is 50.2 Å². The maximum Gasteiger partial charge on any atom is 0.408 e. The third-order valence-electron chi connectivity index (χ3n) is 2.96. The molecular formula is C18H18N2O2. The molecule has 2 rings (SSSR count). The van der Waals surface area contributed by atoms with E-state index >= 15 is 0 Å². The van der Waals surface area contributed by atoms with Crippen LogP contribution in [0.3, 0.4) is 0 Å². The molecule has 0 aliphatic heterocycles. The van der Waals surface area contributed by atoms with Crippen molar-refractivity contribution in [2.24, 2.45) is 0 Å². The quantitative estimate of drug-likeness (QED) is 0.885. The summed E-state index contributed by atoms with van der Waals surface area (Å²) in [6.07, 6.45) is 1.30. The van der Waals surface area contributed by atoms with Gasteiger partial charge in [0.1, 0.15) is 12.3 Å². The van der Waals surface area contributed by atoms with E-state index in [0.29, 0.717) is 0 Å². The number of alkyl carbamates (subject to hydrolysis) is 1. The van der Waals surface area contributed by atoms with Crippen LogP contribution in [-0.2, 0) is 11.3 Å². The zero-order valence-electron chi connectivity index (χ0n) is 12.7. The topological polar surface area (TPSA) is 51.2 Å². The molecule has 0 fully saturated rings. The van der Waals surface area contributed by atoms with Crippen LogP contribution in [0.1, 0.15) is 22.4 Å². The molecule has 1 heterocycles. The fourth-order valence-electron chi connectivity index (χ4n) is 1.86. The van der Waals surface area contributed by atoms with E-state index in [1.54, 1.807) is 6.20 Å². The molecule has 4 nitrogen and oxygen atoms in total. The van der Waals surface area contributed by atoms with E-state index in [2.05, 4.69) is 22.1 Å². The third-order valence-corrected chi connectivity index (χ3v) is 2.96. The van der Waals surface area contributed by atoms with Crippen LogP contribution in [0, 0.1) is 25.7 Å². The number of carbonyl (C=O) groups excluding carboxylic acids is 1. The molecule has 2 aromatic rings. The SMILES string of the molecule is Cc1cnc(C#CCNC(=O)OCc2ccccc2)c(C)c1. The fraction of sp³-hybridized carbons (Fsp3) is 0.222. The number of rotatable bonds is 3. The molecule has 0 aliphatic rings. The van der Waals surface area contributed by atoms with Crippen molar-refractivity contribution in [3.8, 4) is 11.8 Å². The minimum Gasteiger partial charge on any atom is -0.445 e. The van der Waals surface area contributed by atoms with Crippen molar-refractivity contribution in [1.29, 1.82) is 0 Å². The molecule has 0 spiro atoms. The second-order valence-electron chi connectivity index (χ2n) is 4.90. The summed E-state index contributed by atoms with van der Waals surface area (Å²) in [5.74, 6) is 5.80. The Morgan fingerprint density at radius 1 is 1.27 bits per heavy atom. The Labute approximate surface area is 130 Å². The number of pyridine rings is 1. The molecule has 0 radical (unpaired) electrons. The summed E-state index contributed by atoms with van der Waals surface area (Å²) in [5, 5.41) is 2.59. The molecule has 1 N–H and O–H groups in total. The zero-order valence-corrected chi connectivity index (χ0v) is 12.7. The van der Waals surface area contributed by atoms with Crippen LogP contribution in [0.25, 0.3) is 0 Å². The average molecular weight is 294 g/mol. The molecular weight excluding hydrogens is 276 g/mol. The molecule has 0 bridgehead atoms. The molecule has 4 heteroatoms. The zero-order chi connectivity index (χ0) is 15.8. The molecule has 1 amide bonds. The number of carbonyl (C=O) groups is 1. The Morgan fingerprint density at radius 3 is 2.77 bits per heavy atom. The van der Waals surface area contributed by atoms with Crippen LogP contribution >= 0.6 is 0 Å². The standard InChI is InChI=1S/C18H18N2O2/c1-14-11-15(2)17(20-12-14)9-6-10-19-18(21)22-13-16-7-4-3-5-8-16/h3-5,7-8,11-12H,10,13H2,1-2H3,(H,19,21). The lowest BCUT2D eigenvalue weighted by Gasteiger charge is -2.04. The van der Waals surface area contributed by atoms with Gasteiger partial charge >= 0.3 is 6.09 Å². The Hall–Kier alpha value is -2.80. The molecule has 0 saturated heterocycles. The number of nitrogens with zero attached hydrogens (tertiary/aromatic N) is 1. The third kappa shape index (κ3) is 4.95. The number of aromatic nitrogens is 1. The van der Waals surface area contributed by atoms with E-state index in [-0.39, 0.29) is 13.2 Å². The average Bonchev–Trinajstić information content (AvgIpc) is 2.52. The van der Waals surface area contributed by atoms with Gasteiger partial charge in [-0.05, 0) is 36.5 Å². The molecule has 1 aromatic carbocycles. The second-order valence-corrected chi connectivity index (χ2v) is 4.90. The minimum absolute atomic E-state index is 0.225. The van der Waals surface area contributed by atoms with Gasteiger partial charge in [-0.25, -0.2) is 9.78 Å². The van der Waals surface area contributed by atoms with E-state index in [4.69, 9.17) is 4.74 Å². The van der Waals surface area contributed by atoms with E-state index in [9.17, 15) is 4.79 Å². The van der Waals surface area contributed by atoms with Gasteiger partial charge in [0.2, 0.25) is 0 Å². The highest BCUT2D eigenvalue weighted by molar-refractivity contribution is 5.67. The summed E-state index contributed by atoms with van der Waals surface area (Å²) in [6.45, 7) is 4.43.